The van der Waals surface area contributed by atoms with Gasteiger partial charge < -0.3 is 25.0 Å². The first kappa shape index (κ1) is 21.8. The van der Waals surface area contributed by atoms with Crippen molar-refractivity contribution in [2.75, 3.05) is 33.3 Å². The van der Waals surface area contributed by atoms with Gasteiger partial charge in [-0.25, -0.2) is 4.99 Å². The lowest BCUT2D eigenvalue weighted by Crippen LogP contribution is -2.49. The molecule has 6 heteroatoms. The third-order valence-electron chi connectivity index (χ3n) is 5.60. The van der Waals surface area contributed by atoms with E-state index in [2.05, 4.69) is 55.4 Å². The lowest BCUT2D eigenvalue weighted by atomic mass is 10.0. The third kappa shape index (κ3) is 6.01. The summed E-state index contributed by atoms with van der Waals surface area (Å²) in [6, 6.07) is 4.67. The van der Waals surface area contributed by atoms with Gasteiger partial charge in [0.15, 0.2) is 5.96 Å². The number of methoxy groups -OCH3 is 1. The first-order valence-electron chi connectivity index (χ1n) is 11.1. The molecule has 1 fully saturated rings. The average molecular weight is 403 g/mol. The van der Waals surface area contributed by atoms with E-state index in [1.807, 2.05) is 0 Å². The largest absolute Gasteiger partial charge is 0.496 e. The predicted octanol–water partition coefficient (Wildman–Crippen LogP) is 3.19. The molecule has 0 radical (unpaired) electrons. The molecule has 0 saturated carbocycles. The molecule has 1 saturated heterocycles. The number of guanidine groups is 1. The van der Waals surface area contributed by atoms with Gasteiger partial charge in [0.1, 0.15) is 17.6 Å². The van der Waals surface area contributed by atoms with Crippen LogP contribution in [-0.2, 0) is 13.0 Å². The van der Waals surface area contributed by atoms with Crippen molar-refractivity contribution < 1.29 is 9.47 Å². The maximum absolute atomic E-state index is 5.92. The van der Waals surface area contributed by atoms with Gasteiger partial charge in [0.25, 0.3) is 0 Å². The molecule has 0 bridgehead atoms. The molecule has 162 valence electrons. The monoisotopic (exact) mass is 402 g/mol. The number of rotatable bonds is 7. The van der Waals surface area contributed by atoms with Crippen LogP contribution < -0.4 is 20.1 Å². The molecule has 0 amide bonds. The van der Waals surface area contributed by atoms with Crippen LogP contribution >= 0.6 is 0 Å². The van der Waals surface area contributed by atoms with Gasteiger partial charge in [0, 0.05) is 49.8 Å². The number of aliphatic imine (C=N–C) groups is 1. The van der Waals surface area contributed by atoms with Gasteiger partial charge in [-0.15, -0.1) is 0 Å². The minimum Gasteiger partial charge on any atom is -0.496 e. The fourth-order valence-electron chi connectivity index (χ4n) is 4.25. The first-order valence-corrected chi connectivity index (χ1v) is 11.1. The maximum atomic E-state index is 5.92. The van der Waals surface area contributed by atoms with Crippen LogP contribution in [0.5, 0.6) is 11.5 Å². The molecule has 2 heterocycles. The number of ether oxygens (including phenoxy) is 2. The van der Waals surface area contributed by atoms with Crippen LogP contribution in [0.4, 0.5) is 0 Å². The lowest BCUT2D eigenvalue weighted by Gasteiger charge is -2.34. The van der Waals surface area contributed by atoms with E-state index in [4.69, 9.17) is 14.5 Å². The van der Waals surface area contributed by atoms with E-state index in [1.165, 1.54) is 12.1 Å². The van der Waals surface area contributed by atoms with Crippen LogP contribution in [0.25, 0.3) is 0 Å². The highest BCUT2D eigenvalue weighted by atomic mass is 16.5. The summed E-state index contributed by atoms with van der Waals surface area (Å²) in [5.74, 6) is 3.47. The molecule has 2 N–H and O–H groups in total. The number of nitrogens with zero attached hydrogens (tertiary/aromatic N) is 2. The molecule has 0 aromatic heterocycles. The fourth-order valence-corrected chi connectivity index (χ4v) is 4.25. The normalized spacial score (nSPS) is 20.5. The number of fused-ring (bicyclic) bond motifs is 1. The van der Waals surface area contributed by atoms with Gasteiger partial charge in [-0.05, 0) is 44.7 Å². The summed E-state index contributed by atoms with van der Waals surface area (Å²) in [6.07, 6.45) is 3.49. The summed E-state index contributed by atoms with van der Waals surface area (Å²) >= 11 is 0. The second-order valence-electron chi connectivity index (χ2n) is 8.71. The van der Waals surface area contributed by atoms with Crippen LogP contribution in [0.3, 0.4) is 0 Å². The van der Waals surface area contributed by atoms with Gasteiger partial charge in [-0.2, -0.15) is 0 Å². The molecule has 1 aromatic rings. The number of benzene rings is 1. The van der Waals surface area contributed by atoms with Crippen molar-refractivity contribution in [1.82, 2.24) is 15.5 Å². The molecular formula is C23H38N4O2. The second-order valence-corrected chi connectivity index (χ2v) is 8.71. The Labute approximate surface area is 176 Å². The van der Waals surface area contributed by atoms with E-state index >= 15 is 0 Å². The number of nitrogens with one attached hydrogen (secondary N) is 2. The zero-order valence-electron chi connectivity index (χ0n) is 18.8. The minimum absolute atomic E-state index is 0.231. The number of likely N-dealkylation sites (tertiary alicyclic amines) is 1. The van der Waals surface area contributed by atoms with Gasteiger partial charge in [-0.1, -0.05) is 13.8 Å². The third-order valence-corrected chi connectivity index (χ3v) is 5.60. The Balaban J connectivity index is 1.62. The topological polar surface area (TPSA) is 58.1 Å². The summed E-state index contributed by atoms with van der Waals surface area (Å²) in [4.78, 5) is 7.42. The highest BCUT2D eigenvalue weighted by Crippen LogP contribution is 2.35. The SMILES string of the molecule is CCNC(=NCc1cc2c(cc1OC)CC(C)O2)NC1CCN(CC(C)C)CC1. The van der Waals surface area contributed by atoms with Gasteiger partial charge in [-0.3, -0.25) is 0 Å². The summed E-state index contributed by atoms with van der Waals surface area (Å²) in [7, 11) is 1.72. The van der Waals surface area contributed by atoms with Crippen LogP contribution in [0.1, 0.15) is 51.7 Å². The van der Waals surface area contributed by atoms with Crippen molar-refractivity contribution in [3.63, 3.8) is 0 Å². The maximum Gasteiger partial charge on any atom is 0.191 e. The zero-order chi connectivity index (χ0) is 20.8. The van der Waals surface area contributed by atoms with E-state index in [0.717, 1.165) is 67.8 Å². The lowest BCUT2D eigenvalue weighted by molar-refractivity contribution is 0.187. The Morgan fingerprint density at radius 3 is 2.72 bits per heavy atom. The number of piperidine rings is 1. The Hall–Kier alpha value is -1.95. The number of hydrogen-bond donors (Lipinski definition) is 2. The van der Waals surface area contributed by atoms with Gasteiger partial charge in [0.2, 0.25) is 0 Å². The van der Waals surface area contributed by atoms with Crippen molar-refractivity contribution in [3.8, 4) is 11.5 Å². The number of hydrogen-bond acceptors (Lipinski definition) is 4. The molecule has 0 spiro atoms. The van der Waals surface area contributed by atoms with Crippen LogP contribution in [0.15, 0.2) is 17.1 Å². The zero-order valence-corrected chi connectivity index (χ0v) is 18.8. The van der Waals surface area contributed by atoms with E-state index in [-0.39, 0.29) is 6.10 Å². The Kier molecular flexibility index (Phi) is 7.64. The summed E-state index contributed by atoms with van der Waals surface area (Å²) < 4.78 is 11.5. The second kappa shape index (κ2) is 10.2. The summed E-state index contributed by atoms with van der Waals surface area (Å²) in [6.45, 7) is 13.7. The molecule has 1 atom stereocenters. The first-order chi connectivity index (χ1) is 14.0. The minimum atomic E-state index is 0.231. The molecule has 29 heavy (non-hydrogen) atoms. The van der Waals surface area contributed by atoms with Crippen LogP contribution in [0.2, 0.25) is 0 Å². The smallest absolute Gasteiger partial charge is 0.191 e. The van der Waals surface area contributed by atoms with E-state index in [0.29, 0.717) is 12.6 Å². The van der Waals surface area contributed by atoms with Crippen molar-refractivity contribution in [1.29, 1.82) is 0 Å². The van der Waals surface area contributed by atoms with Crippen molar-refractivity contribution in [3.05, 3.63) is 23.3 Å². The Morgan fingerprint density at radius 1 is 1.31 bits per heavy atom. The highest BCUT2D eigenvalue weighted by Gasteiger charge is 2.22. The molecule has 1 unspecified atom stereocenters. The predicted molar refractivity (Wildman–Crippen MR) is 119 cm³/mol. The Morgan fingerprint density at radius 2 is 2.07 bits per heavy atom. The van der Waals surface area contributed by atoms with Gasteiger partial charge >= 0.3 is 0 Å². The standard InChI is InChI=1S/C23H38N4O2/c1-6-24-23(26-20-7-9-27(10-8-20)15-16(2)3)25-14-19-13-22-18(11-17(4)29-22)12-21(19)28-5/h12-13,16-17,20H,6-11,14-15H2,1-5H3,(H2,24,25,26). The summed E-state index contributed by atoms with van der Waals surface area (Å²) in [5, 5.41) is 7.03. The molecular weight excluding hydrogens is 364 g/mol. The van der Waals surface area contributed by atoms with Gasteiger partial charge in [0.05, 0.1) is 13.7 Å². The molecule has 1 aromatic carbocycles. The van der Waals surface area contributed by atoms with E-state index in [9.17, 15) is 0 Å². The Bertz CT molecular complexity index is 696. The molecule has 0 aliphatic carbocycles. The van der Waals surface area contributed by atoms with Crippen molar-refractivity contribution in [2.45, 2.75) is 65.6 Å². The average Bonchev–Trinajstić information content (AvgIpc) is 3.05. The highest BCUT2D eigenvalue weighted by molar-refractivity contribution is 5.80. The molecule has 2 aliphatic rings. The molecule has 6 nitrogen and oxygen atoms in total. The fraction of sp³-hybridized carbons (Fsp3) is 0.696. The van der Waals surface area contributed by atoms with Crippen molar-refractivity contribution in [2.24, 2.45) is 10.9 Å². The quantitative estimate of drug-likeness (QED) is 0.542. The van der Waals surface area contributed by atoms with E-state index < -0.39 is 0 Å². The van der Waals surface area contributed by atoms with Crippen LogP contribution in [-0.4, -0.2) is 56.3 Å². The molecule has 3 rings (SSSR count). The van der Waals surface area contributed by atoms with E-state index in [1.54, 1.807) is 7.11 Å². The summed E-state index contributed by atoms with van der Waals surface area (Å²) in [5.41, 5.74) is 2.28. The van der Waals surface area contributed by atoms with Crippen LogP contribution in [0, 0.1) is 5.92 Å². The van der Waals surface area contributed by atoms with Crippen molar-refractivity contribution >= 4 is 5.96 Å². The molecule has 2 aliphatic heterocycles.